The van der Waals surface area contributed by atoms with Gasteiger partial charge in [0.05, 0.1) is 54.5 Å². The van der Waals surface area contributed by atoms with E-state index in [2.05, 4.69) is 81.1 Å². The summed E-state index contributed by atoms with van der Waals surface area (Å²) in [4.78, 5) is 76.9. The fraction of sp³-hybridized carbons (Fsp3) is 0.737. The molecule has 19 nitrogen and oxygen atoms in total. The van der Waals surface area contributed by atoms with Gasteiger partial charge in [0.25, 0.3) is 0 Å². The topological polar surface area (TPSA) is 241 Å². The summed E-state index contributed by atoms with van der Waals surface area (Å²) in [5.74, 6) is 1.93. The van der Waals surface area contributed by atoms with Gasteiger partial charge in [0.1, 0.15) is 34.5 Å². The molecule has 7 rings (SSSR count). The Hall–Kier alpha value is -5.14. The van der Waals surface area contributed by atoms with Crippen molar-refractivity contribution < 1.29 is 56.9 Å². The number of carboxylic acid groups (broad SMARTS) is 1. The molecule has 434 valence electrons. The molecule has 4 atom stereocenters. The molecule has 0 radical (unpaired) electrons. The van der Waals surface area contributed by atoms with Crippen molar-refractivity contribution in [2.45, 2.75) is 246 Å². The van der Waals surface area contributed by atoms with Crippen molar-refractivity contribution in [1.82, 2.24) is 35.5 Å². The number of aromatic nitrogens is 3. The molecule has 0 spiro atoms. The standard InChI is InChI=1S/C18H28N2O4.C16H26N2O2.C13H20N2O2.C10H17NO4.ClH/c1-17(2,3)15-11-12(19-24-15)10-14(21)13-8-7-9-20(13)16(22)23-18(4,5)6;1-11(2)18-8-6-7-13(18)14(19)9-12-10-15(20-17-12)16(3,4)5;1-13(2,3)12-8-9(15-17-12)7-11(16)10-5-4-6-14-10;1-10(2,3)15-9(14)11-6-4-5-7(11)8(12)13;/h11,13H,7-10H2,1-6H3;10-11,13H,6-9H2,1-5H3;8,10,14H,4-7H2,1-3H3;7H,4-6H2,1-3H3,(H,12,13);1H/t2*13-;10-;7-;/m0000./s1. The van der Waals surface area contributed by atoms with E-state index in [-0.39, 0.29) is 64.5 Å². The Labute approximate surface area is 463 Å². The molecule has 0 unspecified atom stereocenters. The van der Waals surface area contributed by atoms with Crippen molar-refractivity contribution in [3.63, 3.8) is 0 Å². The monoisotopic (exact) mass is 1100 g/mol. The minimum absolute atomic E-state index is 0. The van der Waals surface area contributed by atoms with Gasteiger partial charge >= 0.3 is 18.2 Å². The number of aliphatic carboxylic acids is 1. The molecule has 3 aromatic heterocycles. The summed E-state index contributed by atoms with van der Waals surface area (Å²) in [6.45, 7) is 36.6. The van der Waals surface area contributed by atoms with E-state index in [1.807, 2.05) is 59.7 Å². The van der Waals surface area contributed by atoms with E-state index in [0.717, 1.165) is 80.3 Å². The van der Waals surface area contributed by atoms with Crippen LogP contribution in [0.4, 0.5) is 9.59 Å². The summed E-state index contributed by atoms with van der Waals surface area (Å²) < 4.78 is 26.5. The molecule has 4 fully saturated rings. The Kier molecular flexibility index (Phi) is 23.7. The maximum absolute atomic E-state index is 12.6. The van der Waals surface area contributed by atoms with Gasteiger partial charge in [-0.05, 0) is 120 Å². The molecule has 0 bridgehead atoms. The lowest BCUT2D eigenvalue weighted by atomic mass is 9.93. The van der Waals surface area contributed by atoms with Gasteiger partial charge in [-0.15, -0.1) is 12.4 Å². The summed E-state index contributed by atoms with van der Waals surface area (Å²) in [5.41, 5.74) is 0.699. The molecule has 4 aliphatic heterocycles. The Morgan fingerprint density at radius 2 is 0.922 bits per heavy atom. The van der Waals surface area contributed by atoms with Crippen molar-refractivity contribution in [2.75, 3.05) is 26.2 Å². The third-order valence-electron chi connectivity index (χ3n) is 13.2. The number of carboxylic acids is 1. The van der Waals surface area contributed by atoms with Crippen LogP contribution in [0.3, 0.4) is 0 Å². The lowest BCUT2D eigenvalue weighted by molar-refractivity contribution is -0.142. The van der Waals surface area contributed by atoms with Crippen LogP contribution in [0.2, 0.25) is 0 Å². The van der Waals surface area contributed by atoms with E-state index < -0.39 is 41.4 Å². The molecule has 7 heterocycles. The molecule has 20 heteroatoms. The zero-order valence-corrected chi connectivity index (χ0v) is 50.1. The van der Waals surface area contributed by atoms with Gasteiger partial charge in [0.2, 0.25) is 0 Å². The fourth-order valence-corrected chi connectivity index (χ4v) is 9.06. The number of rotatable bonds is 11. The zero-order valence-electron chi connectivity index (χ0n) is 49.3. The number of nitrogens with one attached hydrogen (secondary N) is 1. The Bertz CT molecular complexity index is 2400. The number of hydrogen-bond donors (Lipinski definition) is 2. The fourth-order valence-electron chi connectivity index (χ4n) is 9.06. The highest BCUT2D eigenvalue weighted by atomic mass is 35.5. The van der Waals surface area contributed by atoms with Gasteiger partial charge in [-0.2, -0.15) is 0 Å². The summed E-state index contributed by atoms with van der Waals surface area (Å²) in [7, 11) is 0. The maximum atomic E-state index is 12.6. The molecule has 0 saturated carbocycles. The van der Waals surface area contributed by atoms with Crippen molar-refractivity contribution in [3.8, 4) is 0 Å². The smallest absolute Gasteiger partial charge is 0.411 e. The van der Waals surface area contributed by atoms with Crippen LogP contribution < -0.4 is 5.32 Å². The lowest BCUT2D eigenvalue weighted by Crippen LogP contribution is -2.43. The Balaban J connectivity index is 0.000000273. The minimum atomic E-state index is -0.960. The first-order chi connectivity index (χ1) is 35.0. The summed E-state index contributed by atoms with van der Waals surface area (Å²) in [6, 6.07) is 4.99. The van der Waals surface area contributed by atoms with Crippen LogP contribution in [0.15, 0.2) is 31.8 Å². The van der Waals surface area contributed by atoms with E-state index in [4.69, 9.17) is 28.1 Å². The molecular weight excluding hydrogens is 1010 g/mol. The third kappa shape index (κ3) is 20.9. The van der Waals surface area contributed by atoms with Crippen LogP contribution in [0.25, 0.3) is 0 Å². The van der Waals surface area contributed by atoms with Crippen molar-refractivity contribution in [3.05, 3.63) is 52.6 Å². The van der Waals surface area contributed by atoms with Crippen LogP contribution in [0.5, 0.6) is 0 Å². The summed E-state index contributed by atoms with van der Waals surface area (Å²) in [5, 5.41) is 24.1. The van der Waals surface area contributed by atoms with Crippen LogP contribution in [0.1, 0.15) is 203 Å². The van der Waals surface area contributed by atoms with Crippen LogP contribution in [0, 0.1) is 0 Å². The highest BCUT2D eigenvalue weighted by molar-refractivity contribution is 5.89. The normalized spacial score (nSPS) is 20.0. The number of ether oxygens (including phenoxy) is 2. The molecule has 77 heavy (non-hydrogen) atoms. The van der Waals surface area contributed by atoms with Gasteiger partial charge < -0.3 is 33.5 Å². The molecular formula is C57H92ClN7O12. The number of hydrogen-bond acceptors (Lipinski definition) is 16. The largest absolute Gasteiger partial charge is 0.480 e. The Morgan fingerprint density at radius 3 is 1.27 bits per heavy atom. The number of halogens is 1. The second kappa shape index (κ2) is 27.6. The van der Waals surface area contributed by atoms with Crippen molar-refractivity contribution in [2.24, 2.45) is 0 Å². The SMILES string of the molecule is CC(C)(C)OC(=O)N1CCC[C@H]1C(=O)Cc1cc(C(C)(C)C)on1.CC(C)(C)OC(=O)N1CCC[C@H]1C(=O)O.CC(C)(C)c1cc(CC(=O)[C@@H]2CCCN2)no1.CC(C)N1CCC[C@H]1C(=O)Cc1cc(C(C)(C)C)on1.Cl. The zero-order chi connectivity index (χ0) is 57.1. The lowest BCUT2D eigenvalue weighted by Gasteiger charge is -2.27. The second-order valence-electron chi connectivity index (χ2n) is 25.9. The van der Waals surface area contributed by atoms with E-state index >= 15 is 0 Å². The number of carbonyl (C=O) groups is 6. The summed E-state index contributed by atoms with van der Waals surface area (Å²) >= 11 is 0. The molecule has 4 saturated heterocycles. The maximum Gasteiger partial charge on any atom is 0.411 e. The minimum Gasteiger partial charge on any atom is -0.480 e. The van der Waals surface area contributed by atoms with E-state index in [9.17, 15) is 28.8 Å². The first-order valence-electron chi connectivity index (χ1n) is 27.2. The number of carbonyl (C=O) groups excluding carboxylic acids is 5. The number of Topliss-reactive ketones (excluding diaryl/α,β-unsaturated/α-hetero) is 3. The van der Waals surface area contributed by atoms with Crippen LogP contribution in [-0.2, 0) is 64.2 Å². The van der Waals surface area contributed by atoms with E-state index in [1.54, 1.807) is 25.7 Å². The average molecular weight is 1100 g/mol. The third-order valence-corrected chi connectivity index (χ3v) is 13.2. The van der Waals surface area contributed by atoms with Gasteiger partial charge in [0.15, 0.2) is 17.3 Å². The number of nitrogens with zero attached hydrogens (tertiary/aromatic N) is 6. The predicted octanol–water partition coefficient (Wildman–Crippen LogP) is 10.2. The molecule has 3 aromatic rings. The van der Waals surface area contributed by atoms with Crippen molar-refractivity contribution in [1.29, 1.82) is 0 Å². The quantitative estimate of drug-likeness (QED) is 0.181. The van der Waals surface area contributed by atoms with Crippen LogP contribution in [-0.4, -0.2) is 138 Å². The van der Waals surface area contributed by atoms with Gasteiger partial charge in [-0.25, -0.2) is 14.4 Å². The van der Waals surface area contributed by atoms with E-state index in [0.29, 0.717) is 50.5 Å². The average Bonchev–Trinajstić information content (AvgIpc) is 4.14. The Morgan fingerprint density at radius 1 is 0.558 bits per heavy atom. The number of ketones is 3. The molecule has 2 amide bonds. The summed E-state index contributed by atoms with van der Waals surface area (Å²) in [6.07, 6.45) is 6.79. The van der Waals surface area contributed by atoms with E-state index in [1.165, 1.54) is 4.90 Å². The highest BCUT2D eigenvalue weighted by Gasteiger charge is 2.39. The van der Waals surface area contributed by atoms with Gasteiger partial charge in [0, 0.05) is 53.6 Å². The van der Waals surface area contributed by atoms with Gasteiger partial charge in [-0.3, -0.25) is 29.1 Å². The molecule has 0 aliphatic carbocycles. The molecule has 2 N–H and O–H groups in total. The molecule has 4 aliphatic rings. The number of amides is 2. The van der Waals surface area contributed by atoms with Crippen molar-refractivity contribution >= 4 is 47.9 Å². The molecule has 0 aromatic carbocycles. The number of likely N-dealkylation sites (tertiary alicyclic amines) is 3. The van der Waals surface area contributed by atoms with Crippen LogP contribution >= 0.6 is 12.4 Å². The van der Waals surface area contributed by atoms with Gasteiger partial charge in [-0.1, -0.05) is 77.8 Å². The first kappa shape index (κ1) is 66.1. The highest BCUT2D eigenvalue weighted by Crippen LogP contribution is 2.28. The predicted molar refractivity (Wildman–Crippen MR) is 294 cm³/mol. The second-order valence-corrected chi connectivity index (χ2v) is 25.9. The first-order valence-corrected chi connectivity index (χ1v) is 27.2.